The second kappa shape index (κ2) is 11.8. The average Bonchev–Trinajstić information content (AvgIpc) is 3.09. The van der Waals surface area contributed by atoms with Crippen LogP contribution in [0.1, 0.15) is 50.2 Å². The first-order valence-electron chi connectivity index (χ1n) is 9.50. The second-order valence-corrected chi connectivity index (χ2v) is 7.50. The number of benzene rings is 1. The molecule has 2 aliphatic rings. The molecule has 2 saturated heterocycles. The van der Waals surface area contributed by atoms with Crippen LogP contribution in [0.2, 0.25) is 0 Å². The minimum absolute atomic E-state index is 0. The van der Waals surface area contributed by atoms with Crippen LogP contribution in [0, 0.1) is 5.92 Å². The number of carbonyl (C=O) groups excluding carboxylic acids is 1. The van der Waals surface area contributed by atoms with Gasteiger partial charge in [0.1, 0.15) is 0 Å². The molecule has 0 spiro atoms. The summed E-state index contributed by atoms with van der Waals surface area (Å²) in [5.74, 6) is 1.02. The zero-order valence-electron chi connectivity index (χ0n) is 15.7. The van der Waals surface area contributed by atoms with Crippen molar-refractivity contribution >= 4 is 30.7 Å². The summed E-state index contributed by atoms with van der Waals surface area (Å²) in [6, 6.07) is 8.90. The molecule has 6 heteroatoms. The van der Waals surface area contributed by atoms with E-state index in [9.17, 15) is 4.79 Å². The third-order valence-corrected chi connectivity index (χ3v) is 5.46. The molecule has 2 fully saturated rings. The summed E-state index contributed by atoms with van der Waals surface area (Å²) in [6.07, 6.45) is 5.51. The molecule has 0 bridgehead atoms. The standard InChI is InChI=1S/C20H31N3O.2ClH/c1-16-8-11-23(12-9-16)15-18-6-3-2-5-17(18)14-22-20(24)13-19-7-4-10-21-19;;/h2-3,5-6,16,19,21H,4,7-15H2,1H3,(H,22,24);2*1H. The van der Waals surface area contributed by atoms with Crippen molar-refractivity contribution < 1.29 is 4.79 Å². The molecule has 148 valence electrons. The SMILES string of the molecule is CC1CCN(Cc2ccccc2CNC(=O)CC2CCCN2)CC1.Cl.Cl. The Morgan fingerprint density at radius 1 is 1.15 bits per heavy atom. The molecular formula is C20H33Cl2N3O. The molecule has 1 amide bonds. The van der Waals surface area contributed by atoms with Crippen LogP contribution in [0.3, 0.4) is 0 Å². The average molecular weight is 402 g/mol. The fraction of sp³-hybridized carbons (Fsp3) is 0.650. The Labute approximate surface area is 170 Å². The van der Waals surface area contributed by atoms with E-state index in [4.69, 9.17) is 0 Å². The smallest absolute Gasteiger partial charge is 0.221 e. The van der Waals surface area contributed by atoms with E-state index < -0.39 is 0 Å². The van der Waals surface area contributed by atoms with Gasteiger partial charge in [0.2, 0.25) is 5.91 Å². The summed E-state index contributed by atoms with van der Waals surface area (Å²) in [7, 11) is 0. The minimum Gasteiger partial charge on any atom is -0.352 e. The Hall–Kier alpha value is -0.810. The van der Waals surface area contributed by atoms with Crippen molar-refractivity contribution in [2.24, 2.45) is 5.92 Å². The Morgan fingerprint density at radius 3 is 2.50 bits per heavy atom. The molecule has 1 aromatic carbocycles. The van der Waals surface area contributed by atoms with E-state index in [-0.39, 0.29) is 30.7 Å². The lowest BCUT2D eigenvalue weighted by Gasteiger charge is -2.30. The molecule has 0 aliphatic carbocycles. The summed E-state index contributed by atoms with van der Waals surface area (Å²) in [5, 5.41) is 6.50. The van der Waals surface area contributed by atoms with Crippen molar-refractivity contribution in [2.45, 2.75) is 58.2 Å². The highest BCUT2D eigenvalue weighted by molar-refractivity contribution is 5.85. The predicted octanol–water partition coefficient (Wildman–Crippen LogP) is 3.52. The number of halogens is 2. The molecule has 2 aliphatic heterocycles. The number of rotatable bonds is 6. The third-order valence-electron chi connectivity index (χ3n) is 5.46. The van der Waals surface area contributed by atoms with Crippen LogP contribution in [0.5, 0.6) is 0 Å². The summed E-state index contributed by atoms with van der Waals surface area (Å²) in [6.45, 7) is 7.43. The first-order valence-corrected chi connectivity index (χ1v) is 9.50. The van der Waals surface area contributed by atoms with E-state index in [1.165, 1.54) is 43.5 Å². The summed E-state index contributed by atoms with van der Waals surface area (Å²) >= 11 is 0. The van der Waals surface area contributed by atoms with Crippen molar-refractivity contribution in [1.82, 2.24) is 15.5 Å². The maximum absolute atomic E-state index is 12.1. The lowest BCUT2D eigenvalue weighted by Crippen LogP contribution is -2.33. The molecule has 2 N–H and O–H groups in total. The topological polar surface area (TPSA) is 44.4 Å². The predicted molar refractivity (Wildman–Crippen MR) is 112 cm³/mol. The number of likely N-dealkylation sites (tertiary alicyclic amines) is 1. The molecule has 0 aromatic heterocycles. The van der Waals surface area contributed by atoms with Gasteiger partial charge in [0.05, 0.1) is 0 Å². The molecule has 0 radical (unpaired) electrons. The fourth-order valence-electron chi connectivity index (χ4n) is 3.77. The number of carbonyl (C=O) groups is 1. The zero-order chi connectivity index (χ0) is 16.8. The number of nitrogens with zero attached hydrogens (tertiary/aromatic N) is 1. The zero-order valence-corrected chi connectivity index (χ0v) is 17.3. The van der Waals surface area contributed by atoms with E-state index in [1.807, 2.05) is 0 Å². The Balaban J connectivity index is 0.00000169. The molecule has 3 rings (SSSR count). The lowest BCUT2D eigenvalue weighted by atomic mass is 9.98. The highest BCUT2D eigenvalue weighted by Gasteiger charge is 2.19. The van der Waals surface area contributed by atoms with E-state index in [2.05, 4.69) is 46.7 Å². The van der Waals surface area contributed by atoms with E-state index in [1.54, 1.807) is 0 Å². The fourth-order valence-corrected chi connectivity index (χ4v) is 3.77. The third kappa shape index (κ3) is 7.07. The monoisotopic (exact) mass is 401 g/mol. The summed E-state index contributed by atoms with van der Waals surface area (Å²) < 4.78 is 0. The molecule has 1 unspecified atom stereocenters. The van der Waals surface area contributed by atoms with Gasteiger partial charge in [0.15, 0.2) is 0 Å². The van der Waals surface area contributed by atoms with Crippen molar-refractivity contribution in [3.8, 4) is 0 Å². The van der Waals surface area contributed by atoms with Gasteiger partial charge in [-0.05, 0) is 62.4 Å². The number of piperidine rings is 1. The van der Waals surface area contributed by atoms with Gasteiger partial charge in [-0.25, -0.2) is 0 Å². The van der Waals surface area contributed by atoms with Crippen LogP contribution in [-0.4, -0.2) is 36.5 Å². The molecule has 1 aromatic rings. The molecule has 1 atom stereocenters. The van der Waals surface area contributed by atoms with Crippen LogP contribution in [0.4, 0.5) is 0 Å². The lowest BCUT2D eigenvalue weighted by molar-refractivity contribution is -0.121. The van der Waals surface area contributed by atoms with Crippen LogP contribution in [0.15, 0.2) is 24.3 Å². The number of hydrogen-bond donors (Lipinski definition) is 2. The van der Waals surface area contributed by atoms with Crippen LogP contribution in [0.25, 0.3) is 0 Å². The number of nitrogens with one attached hydrogen (secondary N) is 2. The second-order valence-electron chi connectivity index (χ2n) is 7.50. The van der Waals surface area contributed by atoms with Gasteiger partial charge in [-0.2, -0.15) is 0 Å². The van der Waals surface area contributed by atoms with Crippen molar-refractivity contribution in [3.63, 3.8) is 0 Å². The molecular weight excluding hydrogens is 369 g/mol. The first-order chi connectivity index (χ1) is 11.7. The van der Waals surface area contributed by atoms with Gasteiger partial charge in [-0.15, -0.1) is 24.8 Å². The van der Waals surface area contributed by atoms with E-state index >= 15 is 0 Å². The summed E-state index contributed by atoms with van der Waals surface area (Å²) in [4.78, 5) is 14.7. The highest BCUT2D eigenvalue weighted by atomic mass is 35.5. The van der Waals surface area contributed by atoms with Gasteiger partial charge in [-0.1, -0.05) is 31.2 Å². The van der Waals surface area contributed by atoms with Crippen LogP contribution < -0.4 is 10.6 Å². The van der Waals surface area contributed by atoms with Crippen molar-refractivity contribution in [2.75, 3.05) is 19.6 Å². The summed E-state index contributed by atoms with van der Waals surface area (Å²) in [5.41, 5.74) is 2.61. The van der Waals surface area contributed by atoms with Crippen molar-refractivity contribution in [1.29, 1.82) is 0 Å². The Morgan fingerprint density at radius 2 is 1.85 bits per heavy atom. The molecule has 0 saturated carbocycles. The van der Waals surface area contributed by atoms with E-state index in [0.717, 1.165) is 25.4 Å². The number of amides is 1. The van der Waals surface area contributed by atoms with Gasteiger partial charge in [0.25, 0.3) is 0 Å². The molecule has 2 heterocycles. The number of hydrogen-bond acceptors (Lipinski definition) is 3. The first kappa shape index (κ1) is 23.2. The largest absolute Gasteiger partial charge is 0.352 e. The quantitative estimate of drug-likeness (QED) is 0.765. The van der Waals surface area contributed by atoms with Gasteiger partial charge < -0.3 is 10.6 Å². The van der Waals surface area contributed by atoms with Gasteiger partial charge >= 0.3 is 0 Å². The molecule has 26 heavy (non-hydrogen) atoms. The van der Waals surface area contributed by atoms with Gasteiger partial charge in [-0.3, -0.25) is 9.69 Å². The van der Waals surface area contributed by atoms with Crippen molar-refractivity contribution in [3.05, 3.63) is 35.4 Å². The highest BCUT2D eigenvalue weighted by Crippen LogP contribution is 2.19. The Kier molecular flexibility index (Phi) is 10.6. The molecule has 4 nitrogen and oxygen atoms in total. The van der Waals surface area contributed by atoms with Gasteiger partial charge in [0, 0.05) is 25.6 Å². The normalized spacial score (nSPS) is 20.9. The maximum Gasteiger partial charge on any atom is 0.221 e. The van der Waals surface area contributed by atoms with E-state index in [0.29, 0.717) is 19.0 Å². The minimum atomic E-state index is 0. The Bertz CT molecular complexity index is 542. The maximum atomic E-state index is 12.1. The van der Waals surface area contributed by atoms with Crippen LogP contribution >= 0.6 is 24.8 Å². The van der Waals surface area contributed by atoms with Crippen LogP contribution in [-0.2, 0) is 17.9 Å².